The van der Waals surface area contributed by atoms with Gasteiger partial charge in [-0.3, -0.25) is 0 Å². The second-order valence-corrected chi connectivity index (χ2v) is 26.2. The minimum absolute atomic E-state index is 0. The number of aliphatic hydroxyl groups is 2. The van der Waals surface area contributed by atoms with E-state index in [-0.39, 0.29) is 29.3 Å². The molecule has 0 amide bonds. The van der Waals surface area contributed by atoms with Crippen molar-refractivity contribution >= 4 is 0 Å². The molecule has 4 heterocycles. The molecule has 12 rings (SSSR count). The summed E-state index contributed by atoms with van der Waals surface area (Å²) in [7, 11) is 0. The second-order valence-electron chi connectivity index (χ2n) is 26.2. The summed E-state index contributed by atoms with van der Waals surface area (Å²) < 4.78 is 26.7. The fourth-order valence-electron chi connectivity index (χ4n) is 20.5. The Bertz CT molecular complexity index is 1490. The first kappa shape index (κ1) is 44.6. The van der Waals surface area contributed by atoms with E-state index in [1.54, 1.807) is 0 Å². The number of ether oxygens (including phenoxy) is 4. The van der Waals surface area contributed by atoms with E-state index >= 15 is 0 Å². The number of aliphatic hydroxyl groups excluding tert-OH is 2. The van der Waals surface area contributed by atoms with Crippen molar-refractivity contribution in [3.8, 4) is 0 Å². The van der Waals surface area contributed by atoms with Crippen LogP contribution in [0.2, 0.25) is 0 Å². The molecule has 0 bridgehead atoms. The zero-order valence-electron chi connectivity index (χ0n) is 40.0. The lowest BCUT2D eigenvalue weighted by Gasteiger charge is -2.61. The molecule has 8 aliphatic carbocycles. The van der Waals surface area contributed by atoms with E-state index in [9.17, 15) is 10.2 Å². The zero-order chi connectivity index (χ0) is 41.8. The Hall–Kier alpha value is -0.280. The highest BCUT2D eigenvalue weighted by Gasteiger charge is 2.71. The van der Waals surface area contributed by atoms with Crippen LogP contribution in [-0.2, 0) is 18.9 Å². The van der Waals surface area contributed by atoms with Crippen molar-refractivity contribution in [2.75, 3.05) is 13.2 Å². The highest BCUT2D eigenvalue weighted by atomic mass is 16.7. The summed E-state index contributed by atoms with van der Waals surface area (Å²) in [5, 5.41) is 20.6. The quantitative estimate of drug-likeness (QED) is 0.251. The first-order chi connectivity index (χ1) is 28.5. The number of fused-ring (bicyclic) bond motifs is 14. The predicted molar refractivity (Wildman–Crippen MR) is 239 cm³/mol. The Balaban J connectivity index is 0.000000144. The van der Waals surface area contributed by atoms with E-state index in [2.05, 4.69) is 55.4 Å². The van der Waals surface area contributed by atoms with Gasteiger partial charge in [0.25, 0.3) is 0 Å². The number of hydrogen-bond donors (Lipinski definition) is 2. The van der Waals surface area contributed by atoms with E-state index in [0.717, 1.165) is 99.1 Å². The normalized spacial score (nSPS) is 61.5. The molecule has 348 valence electrons. The lowest BCUT2D eigenvalue weighted by Crippen LogP contribution is -2.55. The van der Waals surface area contributed by atoms with Crippen molar-refractivity contribution in [3.63, 3.8) is 0 Å². The molecule has 0 radical (unpaired) electrons. The third-order valence-electron chi connectivity index (χ3n) is 23.8. The van der Waals surface area contributed by atoms with Crippen molar-refractivity contribution < 1.29 is 34.6 Å². The van der Waals surface area contributed by atoms with Gasteiger partial charge in [0, 0.05) is 24.7 Å². The minimum atomic E-state index is -0.282. The van der Waals surface area contributed by atoms with Crippen LogP contribution in [0.4, 0.5) is 0 Å². The van der Waals surface area contributed by atoms with E-state index < -0.39 is 0 Å². The molecule has 4 N–H and O–H groups in total. The summed E-state index contributed by atoms with van der Waals surface area (Å²) >= 11 is 0. The third-order valence-corrected chi connectivity index (χ3v) is 23.8. The van der Waals surface area contributed by atoms with Gasteiger partial charge < -0.3 is 34.6 Å². The summed E-state index contributed by atoms with van der Waals surface area (Å²) in [4.78, 5) is 0. The van der Waals surface area contributed by atoms with Crippen molar-refractivity contribution in [3.05, 3.63) is 0 Å². The maximum Gasteiger partial charge on any atom is 0.171 e. The van der Waals surface area contributed by atoms with Crippen LogP contribution in [0.15, 0.2) is 0 Å². The summed E-state index contributed by atoms with van der Waals surface area (Å²) in [6, 6.07) is 0. The zero-order valence-corrected chi connectivity index (χ0v) is 40.0. The summed E-state index contributed by atoms with van der Waals surface area (Å²) in [5.74, 6) is 9.87. The van der Waals surface area contributed by atoms with Gasteiger partial charge in [0.05, 0.1) is 37.6 Å². The van der Waals surface area contributed by atoms with Crippen LogP contribution in [0.3, 0.4) is 0 Å². The van der Waals surface area contributed by atoms with Crippen LogP contribution in [0.5, 0.6) is 0 Å². The average Bonchev–Trinajstić information content (AvgIpc) is 3.87. The highest BCUT2D eigenvalue weighted by molar-refractivity contribution is 5.17. The molecule has 8 saturated carbocycles. The van der Waals surface area contributed by atoms with Crippen LogP contribution in [-0.4, -0.2) is 64.9 Å². The molecule has 12 fully saturated rings. The SMILES string of the molecule is C[C@@H]1CC[C@@]2(OC1)O[C@H]1C[C@H]3[C@@H]4CCC5C[C@@H](O)CC[C@]5(C)[C@H]4CC[C@]3(C)[C@H]1[C@@H]2C.C[C@@H]1CC[C@@]2(OC1)O[C@H]1C[C@H]3[C@@H]4CCC5C[C@@H](O)CC[C@]5(C)[C@H]4CC[C@]3(C)[C@H]1[C@@H]2C.O. The first-order valence-electron chi connectivity index (χ1n) is 26.5. The van der Waals surface area contributed by atoms with Crippen molar-refractivity contribution in [2.24, 2.45) is 105 Å². The van der Waals surface area contributed by atoms with E-state index in [1.165, 1.54) is 89.9 Å². The molecule has 24 atom stereocenters. The average molecular weight is 851 g/mol. The van der Waals surface area contributed by atoms with Gasteiger partial charge in [-0.1, -0.05) is 55.4 Å². The maximum absolute atomic E-state index is 10.3. The van der Waals surface area contributed by atoms with Crippen molar-refractivity contribution in [1.82, 2.24) is 0 Å². The minimum Gasteiger partial charge on any atom is -0.412 e. The monoisotopic (exact) mass is 851 g/mol. The lowest BCUT2D eigenvalue weighted by atomic mass is 9.44. The Morgan fingerprint density at radius 2 is 0.820 bits per heavy atom. The molecule has 2 unspecified atom stereocenters. The Morgan fingerprint density at radius 3 is 1.20 bits per heavy atom. The van der Waals surface area contributed by atoms with Gasteiger partial charge >= 0.3 is 0 Å². The summed E-state index contributed by atoms with van der Waals surface area (Å²) in [6.07, 6.45) is 25.7. The van der Waals surface area contributed by atoms with Gasteiger partial charge in [-0.15, -0.1) is 0 Å². The molecule has 61 heavy (non-hydrogen) atoms. The molecule has 4 aliphatic heterocycles. The molecular weight excluding hydrogens is 761 g/mol. The predicted octanol–water partition coefficient (Wildman–Crippen LogP) is 10.8. The van der Waals surface area contributed by atoms with Crippen molar-refractivity contribution in [1.29, 1.82) is 0 Å². The van der Waals surface area contributed by atoms with Crippen LogP contribution >= 0.6 is 0 Å². The molecule has 4 saturated heterocycles. The maximum atomic E-state index is 10.3. The van der Waals surface area contributed by atoms with Crippen molar-refractivity contribution in [2.45, 2.75) is 220 Å². The Labute approximate surface area is 371 Å². The molecule has 2 spiro atoms. The fraction of sp³-hybridized carbons (Fsp3) is 1.00. The molecular formula is C54H90O7. The van der Waals surface area contributed by atoms with Gasteiger partial charge in [-0.2, -0.15) is 0 Å². The number of hydrogen-bond acceptors (Lipinski definition) is 6. The molecule has 7 heteroatoms. The first-order valence-corrected chi connectivity index (χ1v) is 26.5. The Kier molecular flexibility index (Phi) is 11.2. The van der Waals surface area contributed by atoms with Gasteiger partial charge in [-0.05, 0) is 208 Å². The van der Waals surface area contributed by atoms with E-state index in [0.29, 0.717) is 69.4 Å². The summed E-state index contributed by atoms with van der Waals surface area (Å²) in [5.41, 5.74) is 1.80. The number of rotatable bonds is 0. The molecule has 0 aromatic carbocycles. The second kappa shape index (κ2) is 15.4. The fourth-order valence-corrected chi connectivity index (χ4v) is 20.5. The molecule has 0 aromatic heterocycles. The summed E-state index contributed by atoms with van der Waals surface area (Å²) in [6.45, 7) is 21.8. The topological polar surface area (TPSA) is 109 Å². The lowest BCUT2D eigenvalue weighted by molar-refractivity contribution is -0.273. The third kappa shape index (κ3) is 6.44. The Morgan fingerprint density at radius 1 is 0.426 bits per heavy atom. The van der Waals surface area contributed by atoms with Gasteiger partial charge in [0.2, 0.25) is 0 Å². The van der Waals surface area contributed by atoms with Gasteiger partial charge in [-0.25, -0.2) is 0 Å². The van der Waals surface area contributed by atoms with Crippen LogP contribution < -0.4 is 0 Å². The highest BCUT2D eigenvalue weighted by Crippen LogP contribution is 2.73. The van der Waals surface area contributed by atoms with E-state index in [4.69, 9.17) is 18.9 Å². The molecule has 7 nitrogen and oxygen atoms in total. The molecule has 0 aromatic rings. The van der Waals surface area contributed by atoms with Crippen LogP contribution in [0.25, 0.3) is 0 Å². The van der Waals surface area contributed by atoms with Gasteiger partial charge in [0.15, 0.2) is 11.6 Å². The van der Waals surface area contributed by atoms with Crippen LogP contribution in [0, 0.1) is 105 Å². The van der Waals surface area contributed by atoms with Crippen LogP contribution in [0.1, 0.15) is 184 Å². The smallest absolute Gasteiger partial charge is 0.171 e. The van der Waals surface area contributed by atoms with Gasteiger partial charge in [0.1, 0.15) is 0 Å². The largest absolute Gasteiger partial charge is 0.412 e. The molecule has 12 aliphatic rings. The standard InChI is InChI=1S/2C27H44O3.H2O/c2*1-16-7-12-27(29-15-16)17(2)24-23(30-27)14-22-20-6-5-18-13-19(28)8-10-25(18,3)21(20)9-11-26(22,24)4;/h2*16-24,28H,5-15H2,1-4H3;1H2/t2*16-,17+,18?,19+,20-,21+,22+,23+,24+,25+,26+,27-;/m11./s1. The van der Waals surface area contributed by atoms with E-state index in [1.807, 2.05) is 0 Å².